The number of nitrogens with zero attached hydrogens (tertiary/aromatic N) is 2. The summed E-state index contributed by atoms with van der Waals surface area (Å²) >= 11 is 1.25. The molecule has 2 atom stereocenters. The van der Waals surface area contributed by atoms with Crippen LogP contribution in [-0.4, -0.2) is 17.4 Å². The van der Waals surface area contributed by atoms with Gasteiger partial charge < -0.3 is 9.32 Å². The van der Waals surface area contributed by atoms with Crippen LogP contribution in [0.4, 0.5) is 0 Å². The number of hydrogen-bond donors (Lipinski definition) is 0. The number of thiophene rings is 1. The van der Waals surface area contributed by atoms with Crippen LogP contribution in [-0.2, 0) is 0 Å². The highest BCUT2D eigenvalue weighted by atomic mass is 32.1. The highest BCUT2D eigenvalue weighted by Crippen LogP contribution is 2.36. The largest absolute Gasteiger partial charge is 0.464 e. The molecular formula is C17H18N2O2S. The topological polar surface area (TPSA) is 57.2 Å². The molecule has 1 aliphatic heterocycles. The fourth-order valence-corrected chi connectivity index (χ4v) is 3.70. The van der Waals surface area contributed by atoms with Crippen molar-refractivity contribution in [2.75, 3.05) is 6.54 Å². The van der Waals surface area contributed by atoms with E-state index < -0.39 is 0 Å². The van der Waals surface area contributed by atoms with Gasteiger partial charge in [-0.05, 0) is 49.9 Å². The molecular weight excluding hydrogens is 296 g/mol. The minimum atomic E-state index is -0.0161. The number of amides is 1. The summed E-state index contributed by atoms with van der Waals surface area (Å²) in [5.74, 6) is 2.29. The molecule has 0 N–H and O–H groups in total. The second-order valence-electron chi connectivity index (χ2n) is 5.87. The van der Waals surface area contributed by atoms with Crippen LogP contribution in [0.3, 0.4) is 0 Å². The monoisotopic (exact) mass is 314 g/mol. The fraction of sp³-hybridized carbons (Fsp3) is 0.412. The summed E-state index contributed by atoms with van der Waals surface area (Å²) in [5.41, 5.74) is 0. The number of hydrogen-bond acceptors (Lipinski definition) is 4. The number of furan rings is 1. The number of carbonyl (C=O) groups is 1. The summed E-state index contributed by atoms with van der Waals surface area (Å²) in [6.07, 6.45) is 1.91. The lowest BCUT2D eigenvalue weighted by Crippen LogP contribution is -2.40. The van der Waals surface area contributed by atoms with Crippen molar-refractivity contribution in [1.29, 1.82) is 5.26 Å². The van der Waals surface area contributed by atoms with Gasteiger partial charge in [-0.15, -0.1) is 11.3 Å². The summed E-state index contributed by atoms with van der Waals surface area (Å²) in [4.78, 5) is 15.9. The van der Waals surface area contributed by atoms with Crippen LogP contribution < -0.4 is 0 Å². The van der Waals surface area contributed by atoms with Crippen LogP contribution in [0.2, 0.25) is 0 Å². The molecule has 0 aliphatic carbocycles. The summed E-state index contributed by atoms with van der Waals surface area (Å²) in [6.45, 7) is 4.86. The maximum absolute atomic E-state index is 12.8. The van der Waals surface area contributed by atoms with E-state index in [4.69, 9.17) is 9.68 Å². The minimum Gasteiger partial charge on any atom is -0.464 e. The van der Waals surface area contributed by atoms with E-state index in [1.165, 1.54) is 11.3 Å². The zero-order chi connectivity index (χ0) is 15.7. The Bertz CT molecular complexity index is 725. The number of rotatable bonds is 2. The van der Waals surface area contributed by atoms with Gasteiger partial charge in [0.1, 0.15) is 22.5 Å². The Labute approximate surface area is 134 Å². The minimum absolute atomic E-state index is 0.00236. The lowest BCUT2D eigenvalue weighted by Gasteiger charge is -2.37. The Morgan fingerprint density at radius 1 is 1.41 bits per heavy atom. The van der Waals surface area contributed by atoms with Crippen molar-refractivity contribution in [1.82, 2.24) is 4.90 Å². The van der Waals surface area contributed by atoms with Gasteiger partial charge in [-0.3, -0.25) is 4.79 Å². The van der Waals surface area contributed by atoms with Crippen LogP contribution in [0.5, 0.6) is 0 Å². The van der Waals surface area contributed by atoms with Crippen molar-refractivity contribution in [3.8, 4) is 6.07 Å². The van der Waals surface area contributed by atoms with Gasteiger partial charge in [-0.1, -0.05) is 6.92 Å². The second kappa shape index (κ2) is 5.98. The van der Waals surface area contributed by atoms with Gasteiger partial charge in [0.2, 0.25) is 0 Å². The predicted octanol–water partition coefficient (Wildman–Crippen LogP) is 4.13. The van der Waals surface area contributed by atoms with E-state index in [2.05, 4.69) is 13.0 Å². The van der Waals surface area contributed by atoms with Crippen molar-refractivity contribution in [3.05, 3.63) is 45.5 Å². The lowest BCUT2D eigenvalue weighted by atomic mass is 9.91. The van der Waals surface area contributed by atoms with Gasteiger partial charge in [0.15, 0.2) is 0 Å². The van der Waals surface area contributed by atoms with Crippen LogP contribution in [0.1, 0.15) is 51.9 Å². The van der Waals surface area contributed by atoms with E-state index in [-0.39, 0.29) is 11.9 Å². The fourth-order valence-electron chi connectivity index (χ4n) is 2.94. The zero-order valence-corrected chi connectivity index (χ0v) is 13.5. The predicted molar refractivity (Wildman–Crippen MR) is 84.7 cm³/mol. The second-order valence-corrected chi connectivity index (χ2v) is 6.95. The first kappa shape index (κ1) is 14.9. The molecule has 1 aliphatic rings. The van der Waals surface area contributed by atoms with Gasteiger partial charge in [-0.2, -0.15) is 5.26 Å². The molecule has 1 fully saturated rings. The Morgan fingerprint density at radius 2 is 2.23 bits per heavy atom. The van der Waals surface area contributed by atoms with Gasteiger partial charge in [0.25, 0.3) is 5.91 Å². The normalized spacial score (nSPS) is 21.6. The third-order valence-electron chi connectivity index (χ3n) is 4.14. The molecule has 2 aromatic rings. The van der Waals surface area contributed by atoms with Crippen LogP contribution in [0, 0.1) is 24.2 Å². The Kier molecular flexibility index (Phi) is 4.04. The number of likely N-dealkylation sites (tertiary alicyclic amines) is 1. The van der Waals surface area contributed by atoms with Gasteiger partial charge >= 0.3 is 0 Å². The molecule has 1 amide bonds. The third-order valence-corrected chi connectivity index (χ3v) is 5.12. The SMILES string of the molecule is Cc1ccc(C2CC(C)CCN2C(=O)c2ccc(C#N)s2)o1. The standard InChI is InChI=1S/C17H18N2O2S/c1-11-7-8-19(14(9-11)15-5-3-12(2)21-15)17(20)16-6-4-13(10-18)22-16/h3-6,11,14H,7-9H2,1-2H3. The number of carbonyl (C=O) groups excluding carboxylic acids is 1. The Hall–Kier alpha value is -2.06. The molecule has 5 heteroatoms. The smallest absolute Gasteiger partial charge is 0.264 e. The van der Waals surface area contributed by atoms with E-state index >= 15 is 0 Å². The van der Waals surface area contributed by atoms with Crippen molar-refractivity contribution in [3.63, 3.8) is 0 Å². The number of piperidine rings is 1. The highest BCUT2D eigenvalue weighted by molar-refractivity contribution is 7.14. The summed E-state index contributed by atoms with van der Waals surface area (Å²) in [7, 11) is 0. The zero-order valence-electron chi connectivity index (χ0n) is 12.7. The molecule has 1 saturated heterocycles. The Morgan fingerprint density at radius 3 is 2.86 bits per heavy atom. The van der Waals surface area contributed by atoms with Crippen molar-refractivity contribution >= 4 is 17.2 Å². The molecule has 22 heavy (non-hydrogen) atoms. The molecule has 0 aromatic carbocycles. The molecule has 0 bridgehead atoms. The van der Waals surface area contributed by atoms with Gasteiger partial charge in [-0.25, -0.2) is 0 Å². The lowest BCUT2D eigenvalue weighted by molar-refractivity contribution is 0.0524. The number of nitriles is 1. The Balaban J connectivity index is 1.89. The molecule has 0 spiro atoms. The summed E-state index contributed by atoms with van der Waals surface area (Å²) in [5, 5.41) is 8.93. The number of aryl methyl sites for hydroxylation is 1. The first-order valence-electron chi connectivity index (χ1n) is 7.45. The molecule has 3 heterocycles. The van der Waals surface area contributed by atoms with E-state index in [9.17, 15) is 4.79 Å². The van der Waals surface area contributed by atoms with Crippen molar-refractivity contribution < 1.29 is 9.21 Å². The van der Waals surface area contributed by atoms with E-state index in [1.807, 2.05) is 24.0 Å². The first-order chi connectivity index (χ1) is 10.6. The molecule has 0 radical (unpaired) electrons. The first-order valence-corrected chi connectivity index (χ1v) is 8.27. The van der Waals surface area contributed by atoms with E-state index in [0.717, 1.165) is 30.9 Å². The molecule has 0 saturated carbocycles. The maximum Gasteiger partial charge on any atom is 0.264 e. The molecule has 4 nitrogen and oxygen atoms in total. The van der Waals surface area contributed by atoms with Crippen molar-refractivity contribution in [2.24, 2.45) is 5.92 Å². The van der Waals surface area contributed by atoms with Gasteiger partial charge in [0, 0.05) is 6.54 Å². The highest BCUT2D eigenvalue weighted by Gasteiger charge is 2.33. The van der Waals surface area contributed by atoms with E-state index in [0.29, 0.717) is 15.7 Å². The maximum atomic E-state index is 12.8. The summed E-state index contributed by atoms with van der Waals surface area (Å²) < 4.78 is 5.77. The quantitative estimate of drug-likeness (QED) is 0.837. The average Bonchev–Trinajstić information content (AvgIpc) is 3.15. The van der Waals surface area contributed by atoms with Crippen molar-refractivity contribution in [2.45, 2.75) is 32.7 Å². The van der Waals surface area contributed by atoms with Crippen LogP contribution in [0.15, 0.2) is 28.7 Å². The van der Waals surface area contributed by atoms with E-state index in [1.54, 1.807) is 12.1 Å². The van der Waals surface area contributed by atoms with Crippen LogP contribution in [0.25, 0.3) is 0 Å². The van der Waals surface area contributed by atoms with Gasteiger partial charge in [0.05, 0.1) is 10.9 Å². The van der Waals surface area contributed by atoms with Crippen LogP contribution >= 0.6 is 11.3 Å². The molecule has 2 aromatic heterocycles. The molecule has 3 rings (SSSR count). The molecule has 114 valence electrons. The summed E-state index contributed by atoms with van der Waals surface area (Å²) in [6, 6.07) is 9.43. The molecule has 2 unspecified atom stereocenters. The third kappa shape index (κ3) is 2.79. The average molecular weight is 314 g/mol.